The standard InChI is InChI=1S/C23H25N5O3/c29-22(16-27-11-13-31-14-12-27)25-20-5-7-21(8-6-20)26-23(30)19-3-1-18(2-4-19)15-28-10-9-24-17-28/h1-10,17H,11-16H2,(H,25,29)(H,26,30). The maximum Gasteiger partial charge on any atom is 0.255 e. The van der Waals surface area contributed by atoms with Gasteiger partial charge in [0, 0.05) is 49.0 Å². The van der Waals surface area contributed by atoms with E-state index in [0.29, 0.717) is 43.2 Å². The number of anilines is 2. The number of aromatic nitrogens is 2. The molecule has 1 fully saturated rings. The lowest BCUT2D eigenvalue weighted by atomic mass is 10.1. The molecule has 0 saturated carbocycles. The molecule has 2 aromatic carbocycles. The summed E-state index contributed by atoms with van der Waals surface area (Å²) in [5.41, 5.74) is 3.03. The highest BCUT2D eigenvalue weighted by molar-refractivity contribution is 6.04. The minimum absolute atomic E-state index is 0.0607. The van der Waals surface area contributed by atoms with Gasteiger partial charge in [-0.2, -0.15) is 0 Å². The minimum atomic E-state index is -0.182. The summed E-state index contributed by atoms with van der Waals surface area (Å²) < 4.78 is 7.26. The number of nitrogens with one attached hydrogen (secondary N) is 2. The summed E-state index contributed by atoms with van der Waals surface area (Å²) >= 11 is 0. The Bertz CT molecular complexity index is 995. The monoisotopic (exact) mass is 419 g/mol. The molecular formula is C23H25N5O3. The number of amides is 2. The quantitative estimate of drug-likeness (QED) is 0.614. The largest absolute Gasteiger partial charge is 0.379 e. The first-order valence-corrected chi connectivity index (χ1v) is 10.2. The number of rotatable bonds is 7. The van der Waals surface area contributed by atoms with Crippen molar-refractivity contribution in [3.05, 3.63) is 78.4 Å². The van der Waals surface area contributed by atoms with Gasteiger partial charge in [0.25, 0.3) is 5.91 Å². The van der Waals surface area contributed by atoms with Gasteiger partial charge >= 0.3 is 0 Å². The van der Waals surface area contributed by atoms with Crippen LogP contribution in [-0.4, -0.2) is 59.1 Å². The Balaban J connectivity index is 1.28. The first kappa shape index (κ1) is 20.8. The first-order valence-electron chi connectivity index (χ1n) is 10.2. The van der Waals surface area contributed by atoms with Crippen molar-refractivity contribution in [3.63, 3.8) is 0 Å². The van der Waals surface area contributed by atoms with E-state index in [1.807, 2.05) is 35.0 Å². The lowest BCUT2D eigenvalue weighted by molar-refractivity contribution is -0.118. The SMILES string of the molecule is O=C(CN1CCOCC1)Nc1ccc(NC(=O)c2ccc(Cn3ccnc3)cc2)cc1. The maximum atomic E-state index is 12.5. The number of imidazole rings is 1. The molecule has 2 N–H and O–H groups in total. The van der Waals surface area contributed by atoms with E-state index >= 15 is 0 Å². The van der Waals surface area contributed by atoms with Crippen LogP contribution in [0.2, 0.25) is 0 Å². The topological polar surface area (TPSA) is 88.5 Å². The van der Waals surface area contributed by atoms with E-state index in [4.69, 9.17) is 4.74 Å². The smallest absolute Gasteiger partial charge is 0.255 e. The fourth-order valence-corrected chi connectivity index (χ4v) is 3.36. The summed E-state index contributed by atoms with van der Waals surface area (Å²) in [6, 6.07) is 14.6. The Morgan fingerprint density at radius 1 is 0.935 bits per heavy atom. The molecule has 0 aliphatic carbocycles. The third kappa shape index (κ3) is 6.00. The predicted molar refractivity (Wildman–Crippen MR) is 118 cm³/mol. The molecule has 8 heteroatoms. The Hall–Kier alpha value is -3.49. The number of nitrogens with zero attached hydrogens (tertiary/aromatic N) is 3. The summed E-state index contributed by atoms with van der Waals surface area (Å²) in [5.74, 6) is -0.243. The number of benzene rings is 2. The second-order valence-corrected chi connectivity index (χ2v) is 7.40. The highest BCUT2D eigenvalue weighted by atomic mass is 16.5. The predicted octanol–water partition coefficient (Wildman–Crippen LogP) is 2.45. The average molecular weight is 419 g/mol. The van der Waals surface area contributed by atoms with Gasteiger partial charge in [0.05, 0.1) is 26.1 Å². The maximum absolute atomic E-state index is 12.5. The lowest BCUT2D eigenvalue weighted by Gasteiger charge is -2.25. The Morgan fingerprint density at radius 3 is 2.26 bits per heavy atom. The number of hydrogen-bond donors (Lipinski definition) is 2. The Kier molecular flexibility index (Phi) is 6.71. The van der Waals surface area contributed by atoms with Crippen molar-refractivity contribution in [2.24, 2.45) is 0 Å². The first-order chi connectivity index (χ1) is 15.2. The van der Waals surface area contributed by atoms with E-state index in [2.05, 4.69) is 20.5 Å². The number of hydrogen-bond acceptors (Lipinski definition) is 5. The number of ether oxygens (including phenoxy) is 1. The molecule has 0 radical (unpaired) electrons. The molecule has 2 amide bonds. The van der Waals surface area contributed by atoms with Crippen LogP contribution in [0.5, 0.6) is 0 Å². The van der Waals surface area contributed by atoms with Crippen molar-refractivity contribution in [1.29, 1.82) is 0 Å². The summed E-state index contributed by atoms with van der Waals surface area (Å²) in [4.78, 5) is 30.8. The zero-order valence-corrected chi connectivity index (χ0v) is 17.2. The van der Waals surface area contributed by atoms with Crippen LogP contribution in [-0.2, 0) is 16.1 Å². The molecular weight excluding hydrogens is 394 g/mol. The van der Waals surface area contributed by atoms with Crippen LogP contribution in [0.1, 0.15) is 15.9 Å². The van der Waals surface area contributed by atoms with E-state index in [-0.39, 0.29) is 11.8 Å². The molecule has 0 spiro atoms. The number of carbonyl (C=O) groups is 2. The van der Waals surface area contributed by atoms with Gasteiger partial charge in [0.1, 0.15) is 0 Å². The fraction of sp³-hybridized carbons (Fsp3) is 0.261. The van der Waals surface area contributed by atoms with Gasteiger partial charge in [-0.15, -0.1) is 0 Å². The molecule has 1 saturated heterocycles. The van der Waals surface area contributed by atoms with Crippen molar-refractivity contribution in [2.45, 2.75) is 6.54 Å². The van der Waals surface area contributed by atoms with Crippen LogP contribution in [0.4, 0.5) is 11.4 Å². The zero-order valence-electron chi connectivity index (χ0n) is 17.2. The minimum Gasteiger partial charge on any atom is -0.379 e. The number of carbonyl (C=O) groups excluding carboxylic acids is 2. The second-order valence-electron chi connectivity index (χ2n) is 7.40. The van der Waals surface area contributed by atoms with Crippen molar-refractivity contribution in [3.8, 4) is 0 Å². The van der Waals surface area contributed by atoms with Gasteiger partial charge < -0.3 is 19.9 Å². The van der Waals surface area contributed by atoms with Crippen molar-refractivity contribution >= 4 is 23.2 Å². The summed E-state index contributed by atoms with van der Waals surface area (Å²) in [6.45, 7) is 3.91. The highest BCUT2D eigenvalue weighted by Crippen LogP contribution is 2.15. The third-order valence-electron chi connectivity index (χ3n) is 5.04. The number of morpholine rings is 1. The fourth-order valence-electron chi connectivity index (χ4n) is 3.36. The van der Waals surface area contributed by atoms with E-state index < -0.39 is 0 Å². The molecule has 160 valence electrons. The summed E-state index contributed by atoms with van der Waals surface area (Å²) in [6.07, 6.45) is 5.40. The van der Waals surface area contributed by atoms with Gasteiger partial charge in [-0.25, -0.2) is 4.98 Å². The Labute approximate surface area is 180 Å². The van der Waals surface area contributed by atoms with Gasteiger partial charge in [-0.1, -0.05) is 12.1 Å². The van der Waals surface area contributed by atoms with Crippen LogP contribution in [0.15, 0.2) is 67.3 Å². The average Bonchev–Trinajstić information content (AvgIpc) is 3.29. The molecule has 8 nitrogen and oxygen atoms in total. The molecule has 0 bridgehead atoms. The van der Waals surface area contributed by atoms with E-state index in [9.17, 15) is 9.59 Å². The molecule has 4 rings (SSSR count). The van der Waals surface area contributed by atoms with E-state index in [0.717, 1.165) is 18.7 Å². The molecule has 31 heavy (non-hydrogen) atoms. The van der Waals surface area contributed by atoms with Crippen LogP contribution in [0.3, 0.4) is 0 Å². The normalized spacial score (nSPS) is 14.2. The molecule has 0 atom stereocenters. The van der Waals surface area contributed by atoms with Gasteiger partial charge in [-0.05, 0) is 42.0 Å². The van der Waals surface area contributed by atoms with Crippen LogP contribution < -0.4 is 10.6 Å². The highest BCUT2D eigenvalue weighted by Gasteiger charge is 2.14. The van der Waals surface area contributed by atoms with Crippen molar-refractivity contribution < 1.29 is 14.3 Å². The molecule has 3 aromatic rings. The zero-order chi connectivity index (χ0) is 21.5. The summed E-state index contributed by atoms with van der Waals surface area (Å²) in [7, 11) is 0. The molecule has 2 heterocycles. The molecule has 1 aromatic heterocycles. The van der Waals surface area contributed by atoms with Crippen LogP contribution >= 0.6 is 0 Å². The van der Waals surface area contributed by atoms with Crippen molar-refractivity contribution in [2.75, 3.05) is 43.5 Å². The second kappa shape index (κ2) is 10.0. The lowest BCUT2D eigenvalue weighted by Crippen LogP contribution is -2.41. The molecule has 1 aliphatic heterocycles. The van der Waals surface area contributed by atoms with Crippen LogP contribution in [0.25, 0.3) is 0 Å². The third-order valence-corrected chi connectivity index (χ3v) is 5.04. The summed E-state index contributed by atoms with van der Waals surface area (Å²) in [5, 5.41) is 5.77. The van der Waals surface area contributed by atoms with Gasteiger partial charge in [0.2, 0.25) is 5.91 Å². The van der Waals surface area contributed by atoms with Gasteiger partial charge in [-0.3, -0.25) is 14.5 Å². The van der Waals surface area contributed by atoms with Crippen molar-refractivity contribution in [1.82, 2.24) is 14.5 Å². The van der Waals surface area contributed by atoms with Crippen LogP contribution in [0, 0.1) is 0 Å². The molecule has 0 unspecified atom stereocenters. The molecule has 1 aliphatic rings. The van der Waals surface area contributed by atoms with E-state index in [1.165, 1.54) is 0 Å². The Morgan fingerprint density at radius 2 is 1.61 bits per heavy atom. The van der Waals surface area contributed by atoms with E-state index in [1.54, 1.807) is 36.8 Å². The van der Waals surface area contributed by atoms with Gasteiger partial charge in [0.15, 0.2) is 0 Å².